The molecule has 1 rings (SSSR count). The highest BCUT2D eigenvalue weighted by Gasteiger charge is 2.11. The second-order valence-electron chi connectivity index (χ2n) is 5.65. The Morgan fingerprint density at radius 2 is 1.78 bits per heavy atom. The van der Waals surface area contributed by atoms with Crippen LogP contribution in [0, 0.1) is 12.8 Å². The number of carboxylic acid groups (broad SMARTS) is 1. The Labute approximate surface area is 139 Å². The van der Waals surface area contributed by atoms with E-state index in [0.717, 1.165) is 25.7 Å². The van der Waals surface area contributed by atoms with Crippen molar-refractivity contribution in [2.45, 2.75) is 59.3 Å². The fourth-order valence-corrected chi connectivity index (χ4v) is 1.92. The molecule has 4 nitrogen and oxygen atoms in total. The molecule has 4 heteroatoms. The van der Waals surface area contributed by atoms with Crippen LogP contribution in [0.4, 0.5) is 0 Å². The van der Waals surface area contributed by atoms with Crippen LogP contribution in [-0.2, 0) is 14.3 Å². The number of carbonyl (C=O) groups is 2. The molecule has 1 unspecified atom stereocenters. The number of ether oxygens (including phenoxy) is 1. The highest BCUT2D eigenvalue weighted by molar-refractivity contribution is 5.76. The summed E-state index contributed by atoms with van der Waals surface area (Å²) in [6.07, 6.45) is 4.17. The zero-order chi connectivity index (χ0) is 17.5. The van der Waals surface area contributed by atoms with Gasteiger partial charge in [0.1, 0.15) is 0 Å². The van der Waals surface area contributed by atoms with E-state index < -0.39 is 11.9 Å². The van der Waals surface area contributed by atoms with Crippen molar-refractivity contribution < 1.29 is 19.4 Å². The zero-order valence-electron chi connectivity index (χ0n) is 14.6. The van der Waals surface area contributed by atoms with E-state index in [1.165, 1.54) is 5.56 Å². The molecule has 0 aliphatic rings. The predicted octanol–water partition coefficient (Wildman–Crippen LogP) is 4.61. The van der Waals surface area contributed by atoms with Gasteiger partial charge >= 0.3 is 11.9 Å². The van der Waals surface area contributed by atoms with Crippen molar-refractivity contribution in [3.8, 4) is 0 Å². The Morgan fingerprint density at radius 3 is 2.22 bits per heavy atom. The highest BCUT2D eigenvalue weighted by atomic mass is 16.5. The molecule has 1 aromatic rings. The van der Waals surface area contributed by atoms with Crippen LogP contribution in [-0.4, -0.2) is 23.7 Å². The number of benzene rings is 1. The topological polar surface area (TPSA) is 63.6 Å². The number of hydrogen-bond acceptors (Lipinski definition) is 3. The molecule has 0 aromatic heterocycles. The maximum atomic E-state index is 11.2. The first-order valence-electron chi connectivity index (χ1n) is 8.38. The zero-order valence-corrected chi connectivity index (χ0v) is 14.6. The van der Waals surface area contributed by atoms with Crippen LogP contribution >= 0.6 is 0 Å². The number of rotatable bonds is 9. The number of carboxylic acids is 1. The molecule has 0 fully saturated rings. The highest BCUT2D eigenvalue weighted by Crippen LogP contribution is 2.13. The van der Waals surface area contributed by atoms with Gasteiger partial charge in [-0.3, -0.25) is 9.59 Å². The van der Waals surface area contributed by atoms with Crippen molar-refractivity contribution in [1.29, 1.82) is 0 Å². The number of esters is 1. The molecule has 0 amide bonds. The van der Waals surface area contributed by atoms with E-state index in [-0.39, 0.29) is 12.8 Å². The van der Waals surface area contributed by atoms with E-state index in [1.807, 2.05) is 18.2 Å². The maximum absolute atomic E-state index is 11.2. The average molecular weight is 322 g/mol. The molecule has 0 aliphatic carbocycles. The summed E-state index contributed by atoms with van der Waals surface area (Å²) in [7, 11) is 0. The van der Waals surface area contributed by atoms with Crippen molar-refractivity contribution >= 4 is 11.9 Å². The minimum Gasteiger partial charge on any atom is -0.481 e. The molecule has 0 heterocycles. The molecule has 0 saturated carbocycles. The third-order valence-corrected chi connectivity index (χ3v) is 3.51. The number of aliphatic carboxylic acids is 1. The van der Waals surface area contributed by atoms with Crippen LogP contribution in [0.2, 0.25) is 0 Å². The maximum Gasteiger partial charge on any atom is 0.306 e. The third kappa shape index (κ3) is 13.5. The van der Waals surface area contributed by atoms with E-state index in [4.69, 9.17) is 9.84 Å². The van der Waals surface area contributed by atoms with E-state index in [0.29, 0.717) is 12.5 Å². The van der Waals surface area contributed by atoms with Crippen molar-refractivity contribution in [2.24, 2.45) is 5.92 Å². The van der Waals surface area contributed by atoms with Crippen LogP contribution in [0.15, 0.2) is 30.3 Å². The first-order valence-corrected chi connectivity index (χ1v) is 8.38. The van der Waals surface area contributed by atoms with Gasteiger partial charge in [-0.2, -0.15) is 0 Å². The number of unbranched alkanes of at least 4 members (excludes halogenated alkanes) is 1. The van der Waals surface area contributed by atoms with Crippen molar-refractivity contribution in [3.63, 3.8) is 0 Å². The molecule has 0 bridgehead atoms. The van der Waals surface area contributed by atoms with E-state index in [2.05, 4.69) is 32.9 Å². The molecule has 1 aromatic carbocycles. The molecule has 0 aliphatic heterocycles. The van der Waals surface area contributed by atoms with Crippen LogP contribution in [0.25, 0.3) is 0 Å². The Hall–Kier alpha value is -1.84. The van der Waals surface area contributed by atoms with Crippen molar-refractivity contribution in [1.82, 2.24) is 0 Å². The van der Waals surface area contributed by atoms with Crippen LogP contribution < -0.4 is 0 Å². The summed E-state index contributed by atoms with van der Waals surface area (Å²) in [5.74, 6) is -0.957. The molecular weight excluding hydrogens is 292 g/mol. The Bertz CT molecular complexity index is 428. The lowest BCUT2D eigenvalue weighted by atomic mass is 10.0. The minimum absolute atomic E-state index is 0.0282. The predicted molar refractivity (Wildman–Crippen MR) is 92.3 cm³/mol. The van der Waals surface area contributed by atoms with Gasteiger partial charge < -0.3 is 9.84 Å². The van der Waals surface area contributed by atoms with Gasteiger partial charge in [0.25, 0.3) is 0 Å². The van der Waals surface area contributed by atoms with Crippen LogP contribution in [0.5, 0.6) is 0 Å². The van der Waals surface area contributed by atoms with Crippen LogP contribution in [0.3, 0.4) is 0 Å². The molecular formula is C19H30O4. The molecule has 130 valence electrons. The summed E-state index contributed by atoms with van der Waals surface area (Å²) in [5, 5.41) is 8.39. The van der Waals surface area contributed by atoms with Gasteiger partial charge in [0.15, 0.2) is 0 Å². The van der Waals surface area contributed by atoms with Crippen molar-refractivity contribution in [2.75, 3.05) is 6.61 Å². The lowest BCUT2D eigenvalue weighted by Gasteiger charge is -2.14. The van der Waals surface area contributed by atoms with Gasteiger partial charge in [0.05, 0.1) is 19.4 Å². The Kier molecular flexibility index (Phi) is 12.7. The molecule has 1 atom stereocenters. The summed E-state index contributed by atoms with van der Waals surface area (Å²) < 4.78 is 5.04. The summed E-state index contributed by atoms with van der Waals surface area (Å²) in [5.41, 5.74) is 1.32. The second-order valence-corrected chi connectivity index (χ2v) is 5.65. The first-order chi connectivity index (χ1) is 11.0. The van der Waals surface area contributed by atoms with Gasteiger partial charge in [-0.25, -0.2) is 0 Å². The Morgan fingerprint density at radius 1 is 1.13 bits per heavy atom. The van der Waals surface area contributed by atoms with Gasteiger partial charge in [-0.1, -0.05) is 69.0 Å². The molecule has 0 radical (unpaired) electrons. The number of carbonyl (C=O) groups excluding carboxylic acids is 1. The quantitative estimate of drug-likeness (QED) is 0.675. The summed E-state index contributed by atoms with van der Waals surface area (Å²) in [6, 6.07) is 10.3. The minimum atomic E-state index is -0.963. The third-order valence-electron chi connectivity index (χ3n) is 3.51. The number of aryl methyl sites for hydroxylation is 1. The van der Waals surface area contributed by atoms with E-state index >= 15 is 0 Å². The lowest BCUT2D eigenvalue weighted by molar-refractivity contribution is -0.148. The lowest BCUT2D eigenvalue weighted by Crippen LogP contribution is -2.14. The standard InChI is InChI=1S/C12H22O4.C7H8/c1-3-5-6-10(4-2)9-16-12(15)8-7-11(13)14;1-7-5-3-2-4-6-7/h10H,3-9H2,1-2H3,(H,13,14);2-6H,1H3. The molecule has 0 spiro atoms. The fourth-order valence-electron chi connectivity index (χ4n) is 1.92. The first kappa shape index (κ1) is 21.2. The number of hydrogen-bond donors (Lipinski definition) is 1. The fraction of sp³-hybridized carbons (Fsp3) is 0.579. The molecule has 1 N–H and O–H groups in total. The monoisotopic (exact) mass is 322 g/mol. The smallest absolute Gasteiger partial charge is 0.306 e. The summed E-state index contributed by atoms with van der Waals surface area (Å²) >= 11 is 0. The largest absolute Gasteiger partial charge is 0.481 e. The summed E-state index contributed by atoms with van der Waals surface area (Å²) in [6.45, 7) is 6.71. The average Bonchev–Trinajstić information content (AvgIpc) is 2.54. The SMILES string of the molecule is CCCCC(CC)COC(=O)CCC(=O)O.Cc1ccccc1. The molecule has 0 saturated heterocycles. The summed E-state index contributed by atoms with van der Waals surface area (Å²) in [4.78, 5) is 21.4. The van der Waals surface area contributed by atoms with Gasteiger partial charge in [-0.05, 0) is 19.3 Å². The van der Waals surface area contributed by atoms with Crippen LogP contribution in [0.1, 0.15) is 57.9 Å². The van der Waals surface area contributed by atoms with Gasteiger partial charge in [0.2, 0.25) is 0 Å². The van der Waals surface area contributed by atoms with Crippen molar-refractivity contribution in [3.05, 3.63) is 35.9 Å². The normalized spacial score (nSPS) is 11.1. The van der Waals surface area contributed by atoms with Gasteiger partial charge in [-0.15, -0.1) is 0 Å². The second kappa shape index (κ2) is 13.8. The van der Waals surface area contributed by atoms with E-state index in [1.54, 1.807) is 0 Å². The van der Waals surface area contributed by atoms with Gasteiger partial charge in [0, 0.05) is 0 Å². The Balaban J connectivity index is 0.000000568. The molecule has 23 heavy (non-hydrogen) atoms. The van der Waals surface area contributed by atoms with E-state index in [9.17, 15) is 9.59 Å².